The van der Waals surface area contributed by atoms with E-state index in [0.29, 0.717) is 12.2 Å². The number of rotatable bonds is 4. The van der Waals surface area contributed by atoms with Crippen molar-refractivity contribution in [3.8, 4) is 5.75 Å². The fourth-order valence-corrected chi connectivity index (χ4v) is 1.92. The molecule has 5 heteroatoms. The number of ether oxygens (including phenoxy) is 1. The van der Waals surface area contributed by atoms with Gasteiger partial charge in [-0.25, -0.2) is 4.98 Å². The first kappa shape index (κ1) is 10.8. The smallest absolute Gasteiger partial charge is 0.122 e. The van der Waals surface area contributed by atoms with Crippen molar-refractivity contribution in [2.45, 2.75) is 6.54 Å². The summed E-state index contributed by atoms with van der Waals surface area (Å²) in [6.45, 7) is 0.699. The highest BCUT2D eigenvalue weighted by Gasteiger charge is 2.00. The highest BCUT2D eigenvalue weighted by Crippen LogP contribution is 2.22. The predicted molar refractivity (Wildman–Crippen MR) is 66.8 cm³/mol. The fourth-order valence-electron chi connectivity index (χ4n) is 1.36. The molecule has 0 unspecified atom stereocenters. The van der Waals surface area contributed by atoms with Crippen molar-refractivity contribution in [3.05, 3.63) is 34.8 Å². The Morgan fingerprint density at radius 2 is 2.31 bits per heavy atom. The Bertz CT molecular complexity index is 456. The van der Waals surface area contributed by atoms with Crippen molar-refractivity contribution in [3.63, 3.8) is 0 Å². The molecule has 0 aliphatic carbocycles. The number of benzene rings is 1. The predicted octanol–water partition coefficient (Wildman–Crippen LogP) is 2.35. The number of hydrogen-bond donors (Lipinski definition) is 2. The van der Waals surface area contributed by atoms with E-state index in [9.17, 15) is 0 Å². The molecule has 84 valence electrons. The molecule has 0 fully saturated rings. The quantitative estimate of drug-likeness (QED) is 0.799. The third-order valence-electron chi connectivity index (χ3n) is 2.09. The number of thiazole rings is 1. The second kappa shape index (κ2) is 4.85. The van der Waals surface area contributed by atoms with Crippen LogP contribution in [0.25, 0.3) is 0 Å². The van der Waals surface area contributed by atoms with Gasteiger partial charge in [-0.05, 0) is 6.07 Å². The molecule has 1 heterocycles. The van der Waals surface area contributed by atoms with Gasteiger partial charge in [-0.15, -0.1) is 11.3 Å². The molecule has 0 atom stereocenters. The van der Waals surface area contributed by atoms with Crippen molar-refractivity contribution in [1.82, 2.24) is 4.98 Å². The molecular formula is C11H13N3OS. The van der Waals surface area contributed by atoms with Gasteiger partial charge >= 0.3 is 0 Å². The zero-order chi connectivity index (χ0) is 11.4. The maximum absolute atomic E-state index is 5.75. The molecule has 0 amide bonds. The van der Waals surface area contributed by atoms with Crippen molar-refractivity contribution in [2.24, 2.45) is 0 Å². The van der Waals surface area contributed by atoms with Crippen LogP contribution in [0.3, 0.4) is 0 Å². The Balaban J connectivity index is 2.06. The fraction of sp³-hybridized carbons (Fsp3) is 0.182. The summed E-state index contributed by atoms with van der Waals surface area (Å²) in [5.74, 6) is 0.752. The largest absolute Gasteiger partial charge is 0.497 e. The molecule has 0 spiro atoms. The van der Waals surface area contributed by atoms with Crippen LogP contribution in [0.1, 0.15) is 5.01 Å². The SMILES string of the molecule is COc1cc(N)cc(NCc2nccs2)c1. The van der Waals surface area contributed by atoms with Crippen LogP contribution >= 0.6 is 11.3 Å². The van der Waals surface area contributed by atoms with E-state index < -0.39 is 0 Å². The van der Waals surface area contributed by atoms with Crippen molar-refractivity contribution in [2.75, 3.05) is 18.2 Å². The molecule has 16 heavy (non-hydrogen) atoms. The van der Waals surface area contributed by atoms with Crippen molar-refractivity contribution < 1.29 is 4.74 Å². The lowest BCUT2D eigenvalue weighted by atomic mass is 10.2. The lowest BCUT2D eigenvalue weighted by molar-refractivity contribution is 0.415. The van der Waals surface area contributed by atoms with E-state index in [1.165, 1.54) is 0 Å². The monoisotopic (exact) mass is 235 g/mol. The van der Waals surface area contributed by atoms with Crippen LogP contribution in [0, 0.1) is 0 Å². The summed E-state index contributed by atoms with van der Waals surface area (Å²) in [5, 5.41) is 6.25. The summed E-state index contributed by atoms with van der Waals surface area (Å²) in [6, 6.07) is 5.56. The molecule has 2 rings (SSSR count). The summed E-state index contributed by atoms with van der Waals surface area (Å²) in [7, 11) is 1.62. The number of methoxy groups -OCH3 is 1. The van der Waals surface area contributed by atoms with Gasteiger partial charge in [0.25, 0.3) is 0 Å². The van der Waals surface area contributed by atoms with Crippen LogP contribution in [0.4, 0.5) is 11.4 Å². The van der Waals surface area contributed by atoms with Gasteiger partial charge < -0.3 is 15.8 Å². The lowest BCUT2D eigenvalue weighted by Crippen LogP contribution is -2.00. The van der Waals surface area contributed by atoms with Crippen LogP contribution in [-0.2, 0) is 6.54 Å². The first-order valence-corrected chi connectivity index (χ1v) is 5.72. The third kappa shape index (κ3) is 2.64. The van der Waals surface area contributed by atoms with E-state index in [1.807, 2.05) is 17.5 Å². The minimum Gasteiger partial charge on any atom is -0.497 e. The average Bonchev–Trinajstić information content (AvgIpc) is 2.78. The maximum Gasteiger partial charge on any atom is 0.122 e. The first-order valence-electron chi connectivity index (χ1n) is 4.85. The average molecular weight is 235 g/mol. The zero-order valence-electron chi connectivity index (χ0n) is 8.93. The highest BCUT2D eigenvalue weighted by molar-refractivity contribution is 7.09. The second-order valence-electron chi connectivity index (χ2n) is 3.27. The maximum atomic E-state index is 5.75. The number of nitrogens with two attached hydrogens (primary N) is 1. The van der Waals surface area contributed by atoms with Gasteiger partial charge in [0.15, 0.2) is 0 Å². The van der Waals surface area contributed by atoms with Crippen molar-refractivity contribution in [1.29, 1.82) is 0 Å². The number of hydrogen-bond acceptors (Lipinski definition) is 5. The number of nitrogen functional groups attached to an aromatic ring is 1. The number of nitrogens with one attached hydrogen (secondary N) is 1. The van der Waals surface area contributed by atoms with Gasteiger partial charge in [0.2, 0.25) is 0 Å². The van der Waals surface area contributed by atoms with E-state index in [4.69, 9.17) is 10.5 Å². The molecule has 0 bridgehead atoms. The Morgan fingerprint density at radius 1 is 1.44 bits per heavy atom. The summed E-state index contributed by atoms with van der Waals surface area (Å²) < 4.78 is 5.14. The molecule has 0 aliphatic heterocycles. The standard InChI is InChI=1S/C11H13N3OS/c1-15-10-5-8(12)4-9(6-10)14-7-11-13-2-3-16-11/h2-6,14H,7,12H2,1H3. The van der Waals surface area contributed by atoms with E-state index in [2.05, 4.69) is 10.3 Å². The van der Waals surface area contributed by atoms with Crippen LogP contribution in [-0.4, -0.2) is 12.1 Å². The van der Waals surface area contributed by atoms with E-state index in [0.717, 1.165) is 16.4 Å². The molecule has 0 aliphatic rings. The van der Waals surface area contributed by atoms with Gasteiger partial charge in [0.1, 0.15) is 10.8 Å². The summed E-state index contributed by atoms with van der Waals surface area (Å²) in [6.07, 6.45) is 1.79. The first-order chi connectivity index (χ1) is 7.78. The lowest BCUT2D eigenvalue weighted by Gasteiger charge is -2.08. The molecule has 1 aromatic carbocycles. The molecule has 4 nitrogen and oxygen atoms in total. The van der Waals surface area contributed by atoms with Gasteiger partial charge in [-0.2, -0.15) is 0 Å². The Labute approximate surface area is 98.1 Å². The Morgan fingerprint density at radius 3 is 3.00 bits per heavy atom. The number of nitrogens with zero attached hydrogens (tertiary/aromatic N) is 1. The van der Waals surface area contributed by atoms with Gasteiger partial charge in [-0.3, -0.25) is 0 Å². The van der Waals surface area contributed by atoms with E-state index >= 15 is 0 Å². The molecule has 2 aromatic rings. The van der Waals surface area contributed by atoms with Gasteiger partial charge in [-0.1, -0.05) is 0 Å². The molecular weight excluding hydrogens is 222 g/mol. The highest BCUT2D eigenvalue weighted by atomic mass is 32.1. The molecule has 3 N–H and O–H groups in total. The van der Waals surface area contributed by atoms with Crippen molar-refractivity contribution >= 4 is 22.7 Å². The minimum absolute atomic E-state index is 0.681. The molecule has 0 radical (unpaired) electrons. The third-order valence-corrected chi connectivity index (χ3v) is 2.87. The van der Waals surface area contributed by atoms with Crippen LogP contribution in [0.15, 0.2) is 29.8 Å². The van der Waals surface area contributed by atoms with Gasteiger partial charge in [0.05, 0.1) is 13.7 Å². The van der Waals surface area contributed by atoms with E-state index in [1.54, 1.807) is 30.7 Å². The second-order valence-corrected chi connectivity index (χ2v) is 4.25. The molecule has 0 saturated heterocycles. The van der Waals surface area contributed by atoms with Crippen LogP contribution in [0.2, 0.25) is 0 Å². The Kier molecular flexibility index (Phi) is 3.26. The topological polar surface area (TPSA) is 60.2 Å². The van der Waals surface area contributed by atoms with Gasteiger partial charge in [0, 0.05) is 35.1 Å². The Hall–Kier alpha value is -1.75. The van der Waals surface area contributed by atoms with Crippen LogP contribution < -0.4 is 15.8 Å². The summed E-state index contributed by atoms with van der Waals surface area (Å²) >= 11 is 1.62. The normalized spacial score (nSPS) is 10.1. The summed E-state index contributed by atoms with van der Waals surface area (Å²) in [5.41, 5.74) is 7.37. The molecule has 0 saturated carbocycles. The number of anilines is 2. The van der Waals surface area contributed by atoms with Crippen LogP contribution in [0.5, 0.6) is 5.75 Å². The number of aromatic nitrogens is 1. The minimum atomic E-state index is 0.681. The molecule has 1 aromatic heterocycles. The summed E-state index contributed by atoms with van der Waals surface area (Å²) in [4.78, 5) is 4.19. The van der Waals surface area contributed by atoms with E-state index in [-0.39, 0.29) is 0 Å². The zero-order valence-corrected chi connectivity index (χ0v) is 9.75.